The van der Waals surface area contributed by atoms with Crippen molar-refractivity contribution in [2.75, 3.05) is 19.7 Å². The fourth-order valence-electron chi connectivity index (χ4n) is 1.79. The summed E-state index contributed by atoms with van der Waals surface area (Å²) >= 11 is 0. The van der Waals surface area contributed by atoms with Gasteiger partial charge in [-0.15, -0.1) is 0 Å². The van der Waals surface area contributed by atoms with E-state index in [-0.39, 0.29) is 0 Å². The van der Waals surface area contributed by atoms with Crippen LogP contribution in [0.1, 0.15) is 40.0 Å². The van der Waals surface area contributed by atoms with E-state index in [4.69, 9.17) is 9.47 Å². The monoisotopic (exact) mass is 215 g/mol. The van der Waals surface area contributed by atoms with Crippen LogP contribution in [-0.4, -0.2) is 38.0 Å². The summed E-state index contributed by atoms with van der Waals surface area (Å²) in [5.74, 6) is 0. The van der Waals surface area contributed by atoms with Gasteiger partial charge in [-0.1, -0.05) is 6.92 Å². The van der Waals surface area contributed by atoms with E-state index in [9.17, 15) is 0 Å². The summed E-state index contributed by atoms with van der Waals surface area (Å²) in [5.41, 5.74) is 0. The van der Waals surface area contributed by atoms with Crippen LogP contribution in [-0.2, 0) is 9.47 Å². The van der Waals surface area contributed by atoms with Gasteiger partial charge in [-0.25, -0.2) is 0 Å². The Balaban J connectivity index is 2.04. The van der Waals surface area contributed by atoms with E-state index in [1.165, 1.54) is 12.8 Å². The van der Waals surface area contributed by atoms with Gasteiger partial charge in [-0.05, 0) is 39.7 Å². The minimum atomic E-state index is 0.311. The smallest absolute Gasteiger partial charge is 0.0814 e. The van der Waals surface area contributed by atoms with Crippen molar-refractivity contribution in [1.82, 2.24) is 5.32 Å². The third-order valence-electron chi connectivity index (χ3n) is 2.61. The van der Waals surface area contributed by atoms with Crippen LogP contribution in [0.2, 0.25) is 0 Å². The average Bonchev–Trinajstić information content (AvgIpc) is 2.63. The normalized spacial score (nSPS) is 26.4. The zero-order chi connectivity index (χ0) is 11.1. The summed E-state index contributed by atoms with van der Waals surface area (Å²) in [4.78, 5) is 0. The first-order valence-corrected chi connectivity index (χ1v) is 6.20. The molecule has 1 aliphatic heterocycles. The first kappa shape index (κ1) is 12.9. The summed E-state index contributed by atoms with van der Waals surface area (Å²) in [7, 11) is 0. The predicted octanol–water partition coefficient (Wildman–Crippen LogP) is 1.96. The molecule has 90 valence electrons. The van der Waals surface area contributed by atoms with Gasteiger partial charge in [0.25, 0.3) is 0 Å². The average molecular weight is 215 g/mol. The number of rotatable bonds is 7. The van der Waals surface area contributed by atoms with Crippen LogP contribution in [0, 0.1) is 0 Å². The maximum atomic E-state index is 5.87. The van der Waals surface area contributed by atoms with Gasteiger partial charge < -0.3 is 14.8 Å². The molecule has 0 aromatic carbocycles. The quantitative estimate of drug-likeness (QED) is 0.659. The Morgan fingerprint density at radius 1 is 1.33 bits per heavy atom. The molecule has 15 heavy (non-hydrogen) atoms. The highest BCUT2D eigenvalue weighted by Gasteiger charge is 2.24. The molecule has 1 N–H and O–H groups in total. The van der Waals surface area contributed by atoms with Gasteiger partial charge in [0, 0.05) is 6.54 Å². The second-order valence-corrected chi connectivity index (χ2v) is 4.54. The summed E-state index contributed by atoms with van der Waals surface area (Å²) in [5, 5.41) is 3.40. The summed E-state index contributed by atoms with van der Waals surface area (Å²) in [6, 6.07) is 0. The van der Waals surface area contributed by atoms with E-state index in [0.29, 0.717) is 18.3 Å². The molecule has 0 saturated carbocycles. The Morgan fingerprint density at radius 3 is 2.73 bits per heavy atom. The Morgan fingerprint density at radius 2 is 2.07 bits per heavy atom. The van der Waals surface area contributed by atoms with E-state index in [1.54, 1.807) is 0 Å². The zero-order valence-electron chi connectivity index (χ0n) is 10.3. The third-order valence-corrected chi connectivity index (χ3v) is 2.61. The molecule has 1 heterocycles. The molecular weight excluding hydrogens is 190 g/mol. The molecular formula is C12H25NO2. The Hall–Kier alpha value is -0.120. The standard InChI is InChI=1S/C12H25NO2/c1-4-7-13-8-11-5-6-12(15-11)9-14-10(2)3/h10-13H,4-9H2,1-3H3. The van der Waals surface area contributed by atoms with Crippen molar-refractivity contribution in [3.05, 3.63) is 0 Å². The van der Waals surface area contributed by atoms with Crippen LogP contribution in [0.5, 0.6) is 0 Å². The van der Waals surface area contributed by atoms with Gasteiger partial charge in [0.2, 0.25) is 0 Å². The Bertz CT molecular complexity index is 162. The fraction of sp³-hybridized carbons (Fsp3) is 1.00. The van der Waals surface area contributed by atoms with Crippen molar-refractivity contribution in [3.8, 4) is 0 Å². The van der Waals surface area contributed by atoms with Crippen LogP contribution in [0.4, 0.5) is 0 Å². The molecule has 0 aliphatic carbocycles. The highest BCUT2D eigenvalue weighted by atomic mass is 16.5. The second kappa shape index (κ2) is 7.20. The maximum absolute atomic E-state index is 5.87. The van der Waals surface area contributed by atoms with Crippen molar-refractivity contribution in [1.29, 1.82) is 0 Å². The van der Waals surface area contributed by atoms with Gasteiger partial charge >= 0.3 is 0 Å². The minimum absolute atomic E-state index is 0.311. The maximum Gasteiger partial charge on any atom is 0.0814 e. The van der Waals surface area contributed by atoms with Crippen molar-refractivity contribution in [2.24, 2.45) is 0 Å². The van der Waals surface area contributed by atoms with Gasteiger partial charge in [0.05, 0.1) is 24.9 Å². The lowest BCUT2D eigenvalue weighted by Gasteiger charge is -2.15. The van der Waals surface area contributed by atoms with Gasteiger partial charge in [0.15, 0.2) is 0 Å². The van der Waals surface area contributed by atoms with Gasteiger partial charge in [-0.3, -0.25) is 0 Å². The van der Waals surface area contributed by atoms with Crippen molar-refractivity contribution in [2.45, 2.75) is 58.3 Å². The second-order valence-electron chi connectivity index (χ2n) is 4.54. The van der Waals surface area contributed by atoms with Crippen LogP contribution in [0.3, 0.4) is 0 Å². The van der Waals surface area contributed by atoms with E-state index in [2.05, 4.69) is 26.1 Å². The molecule has 0 bridgehead atoms. The van der Waals surface area contributed by atoms with Crippen LogP contribution in [0.25, 0.3) is 0 Å². The van der Waals surface area contributed by atoms with Crippen LogP contribution in [0.15, 0.2) is 0 Å². The lowest BCUT2D eigenvalue weighted by atomic mass is 10.2. The SMILES string of the molecule is CCCNCC1CCC(COC(C)C)O1. The zero-order valence-corrected chi connectivity index (χ0v) is 10.3. The molecule has 0 amide bonds. The highest BCUT2D eigenvalue weighted by Crippen LogP contribution is 2.19. The van der Waals surface area contributed by atoms with E-state index >= 15 is 0 Å². The molecule has 1 saturated heterocycles. The van der Waals surface area contributed by atoms with E-state index in [1.807, 2.05) is 0 Å². The Kier molecular flexibility index (Phi) is 6.22. The lowest BCUT2D eigenvalue weighted by Crippen LogP contribution is -2.28. The lowest BCUT2D eigenvalue weighted by molar-refractivity contribution is -0.0316. The molecule has 0 aromatic rings. The van der Waals surface area contributed by atoms with Crippen molar-refractivity contribution < 1.29 is 9.47 Å². The molecule has 3 nitrogen and oxygen atoms in total. The van der Waals surface area contributed by atoms with Crippen LogP contribution >= 0.6 is 0 Å². The molecule has 0 radical (unpaired) electrons. The summed E-state index contributed by atoms with van der Waals surface area (Å²) < 4.78 is 11.4. The van der Waals surface area contributed by atoms with Crippen LogP contribution < -0.4 is 5.32 Å². The molecule has 1 fully saturated rings. The number of ether oxygens (including phenoxy) is 2. The molecule has 2 unspecified atom stereocenters. The van der Waals surface area contributed by atoms with Crippen molar-refractivity contribution in [3.63, 3.8) is 0 Å². The fourth-order valence-corrected chi connectivity index (χ4v) is 1.79. The van der Waals surface area contributed by atoms with E-state index < -0.39 is 0 Å². The molecule has 0 spiro atoms. The number of nitrogens with one attached hydrogen (secondary N) is 1. The molecule has 1 rings (SSSR count). The van der Waals surface area contributed by atoms with Crippen molar-refractivity contribution >= 4 is 0 Å². The summed E-state index contributed by atoms with van der Waals surface area (Å²) in [6.45, 7) is 9.15. The molecule has 3 heteroatoms. The third kappa shape index (κ3) is 5.50. The Labute approximate surface area is 93.5 Å². The van der Waals surface area contributed by atoms with E-state index in [0.717, 1.165) is 26.1 Å². The number of hydrogen-bond donors (Lipinski definition) is 1. The van der Waals surface area contributed by atoms with Gasteiger partial charge in [-0.2, -0.15) is 0 Å². The first-order valence-electron chi connectivity index (χ1n) is 6.20. The highest BCUT2D eigenvalue weighted by molar-refractivity contribution is 4.75. The van der Waals surface area contributed by atoms with Gasteiger partial charge in [0.1, 0.15) is 0 Å². The largest absolute Gasteiger partial charge is 0.376 e. The minimum Gasteiger partial charge on any atom is -0.376 e. The molecule has 2 atom stereocenters. The molecule has 0 aromatic heterocycles. The first-order chi connectivity index (χ1) is 7.22. The topological polar surface area (TPSA) is 30.5 Å². The molecule has 1 aliphatic rings. The summed E-state index contributed by atoms with van der Waals surface area (Å²) in [6.07, 6.45) is 4.53. The number of hydrogen-bond acceptors (Lipinski definition) is 3. The predicted molar refractivity (Wildman–Crippen MR) is 62.1 cm³/mol.